The highest BCUT2D eigenvalue weighted by Gasteiger charge is 2.11. The molecule has 6 heteroatoms. The minimum atomic E-state index is -0.0964. The monoisotopic (exact) mass is 376 g/mol. The molecule has 0 fully saturated rings. The highest BCUT2D eigenvalue weighted by atomic mass is 79.9. The third-order valence-electron chi connectivity index (χ3n) is 3.02. The molecule has 0 aliphatic heterocycles. The number of aryl methyl sites for hydroxylation is 1. The number of hydrogen-bond acceptors (Lipinski definition) is 4. The van der Waals surface area contributed by atoms with Gasteiger partial charge in [-0.15, -0.1) is 11.3 Å². The molecule has 2 heterocycles. The molecule has 0 spiro atoms. The standard InChI is InChI=1S/C16H13BrN2O2S/c1-10-4-5-13(12(17)7-10)19-15(20)8-11-9-22-16(18-11)14-3-2-6-21-14/h2-7,9H,8H2,1H3,(H,19,20). The van der Waals surface area contributed by atoms with Crippen LogP contribution < -0.4 is 5.32 Å². The maximum absolute atomic E-state index is 12.1. The van der Waals surface area contributed by atoms with Gasteiger partial charge in [0.15, 0.2) is 10.8 Å². The molecule has 0 aliphatic carbocycles. The predicted molar refractivity (Wildman–Crippen MR) is 91.0 cm³/mol. The van der Waals surface area contributed by atoms with Crippen molar-refractivity contribution < 1.29 is 9.21 Å². The lowest BCUT2D eigenvalue weighted by Crippen LogP contribution is -2.15. The smallest absolute Gasteiger partial charge is 0.230 e. The molecule has 1 amide bonds. The molecular formula is C16H13BrN2O2S. The van der Waals surface area contributed by atoms with E-state index < -0.39 is 0 Å². The molecule has 0 saturated carbocycles. The van der Waals surface area contributed by atoms with Gasteiger partial charge in [0.25, 0.3) is 0 Å². The predicted octanol–water partition coefficient (Wildman–Crippen LogP) is 4.66. The van der Waals surface area contributed by atoms with Gasteiger partial charge in [0.1, 0.15) is 0 Å². The van der Waals surface area contributed by atoms with Crippen molar-refractivity contribution in [1.82, 2.24) is 4.98 Å². The largest absolute Gasteiger partial charge is 0.462 e. The van der Waals surface area contributed by atoms with Gasteiger partial charge in [0.05, 0.1) is 24.1 Å². The number of anilines is 1. The maximum atomic E-state index is 12.1. The zero-order chi connectivity index (χ0) is 15.5. The molecule has 1 aromatic carbocycles. The molecule has 0 saturated heterocycles. The van der Waals surface area contributed by atoms with Crippen molar-refractivity contribution in [3.05, 3.63) is 57.7 Å². The lowest BCUT2D eigenvalue weighted by atomic mass is 10.2. The van der Waals surface area contributed by atoms with Crippen LogP contribution in [0.25, 0.3) is 10.8 Å². The summed E-state index contributed by atoms with van der Waals surface area (Å²) in [6.45, 7) is 2.00. The minimum Gasteiger partial charge on any atom is -0.462 e. The van der Waals surface area contributed by atoms with E-state index in [2.05, 4.69) is 26.2 Å². The fourth-order valence-corrected chi connectivity index (χ4v) is 3.36. The Bertz CT molecular complexity index is 796. The van der Waals surface area contributed by atoms with Crippen molar-refractivity contribution in [3.8, 4) is 10.8 Å². The van der Waals surface area contributed by atoms with Gasteiger partial charge in [0, 0.05) is 9.85 Å². The summed E-state index contributed by atoms with van der Waals surface area (Å²) in [6, 6.07) is 9.47. The number of carbonyl (C=O) groups excluding carboxylic acids is 1. The summed E-state index contributed by atoms with van der Waals surface area (Å²) in [7, 11) is 0. The summed E-state index contributed by atoms with van der Waals surface area (Å²) in [5, 5.41) is 5.54. The van der Waals surface area contributed by atoms with Gasteiger partial charge in [-0.1, -0.05) is 6.07 Å². The van der Waals surface area contributed by atoms with Crippen LogP contribution in [0.1, 0.15) is 11.3 Å². The summed E-state index contributed by atoms with van der Waals surface area (Å²) in [5.74, 6) is 0.624. The molecule has 22 heavy (non-hydrogen) atoms. The van der Waals surface area contributed by atoms with Gasteiger partial charge in [-0.2, -0.15) is 0 Å². The second kappa shape index (κ2) is 6.46. The number of rotatable bonds is 4. The summed E-state index contributed by atoms with van der Waals surface area (Å²) in [5.41, 5.74) is 2.63. The first kappa shape index (κ1) is 15.0. The van der Waals surface area contributed by atoms with Crippen molar-refractivity contribution >= 4 is 38.9 Å². The average Bonchev–Trinajstić information content (AvgIpc) is 3.12. The SMILES string of the molecule is Cc1ccc(NC(=O)Cc2csc(-c3ccco3)n2)c(Br)c1. The Kier molecular flexibility index (Phi) is 4.40. The number of nitrogens with one attached hydrogen (secondary N) is 1. The number of nitrogens with zero attached hydrogens (tertiary/aromatic N) is 1. The fourth-order valence-electron chi connectivity index (χ4n) is 1.98. The van der Waals surface area contributed by atoms with Crippen LogP contribution >= 0.6 is 27.3 Å². The lowest BCUT2D eigenvalue weighted by Gasteiger charge is -2.07. The van der Waals surface area contributed by atoms with Crippen molar-refractivity contribution in [2.75, 3.05) is 5.32 Å². The number of benzene rings is 1. The first-order chi connectivity index (χ1) is 10.6. The van der Waals surface area contributed by atoms with Crippen molar-refractivity contribution in [3.63, 3.8) is 0 Å². The van der Waals surface area contributed by atoms with E-state index >= 15 is 0 Å². The minimum absolute atomic E-state index is 0.0964. The number of aromatic nitrogens is 1. The summed E-state index contributed by atoms with van der Waals surface area (Å²) in [6.07, 6.45) is 1.84. The van der Waals surface area contributed by atoms with Gasteiger partial charge in [-0.3, -0.25) is 4.79 Å². The Morgan fingerprint density at radius 3 is 3.00 bits per heavy atom. The molecule has 0 aliphatic rings. The molecule has 1 N–H and O–H groups in total. The molecule has 0 atom stereocenters. The van der Waals surface area contributed by atoms with Crippen LogP contribution in [-0.2, 0) is 11.2 Å². The van der Waals surface area contributed by atoms with Gasteiger partial charge in [0.2, 0.25) is 5.91 Å². The van der Waals surface area contributed by atoms with Crippen LogP contribution in [0.3, 0.4) is 0 Å². The quantitative estimate of drug-likeness (QED) is 0.720. The molecule has 112 valence electrons. The molecule has 3 aromatic rings. The Hall–Kier alpha value is -1.92. The molecule has 0 bridgehead atoms. The average molecular weight is 377 g/mol. The van der Waals surface area contributed by atoms with Crippen LogP contribution in [0.15, 0.2) is 50.9 Å². The summed E-state index contributed by atoms with van der Waals surface area (Å²) < 4.78 is 6.17. The van der Waals surface area contributed by atoms with E-state index in [1.807, 2.05) is 42.6 Å². The Morgan fingerprint density at radius 1 is 1.41 bits per heavy atom. The first-order valence-electron chi connectivity index (χ1n) is 6.66. The Labute approximate surface area is 140 Å². The third-order valence-corrected chi connectivity index (χ3v) is 4.59. The maximum Gasteiger partial charge on any atom is 0.230 e. The molecular weight excluding hydrogens is 364 g/mol. The van der Waals surface area contributed by atoms with E-state index in [1.54, 1.807) is 6.26 Å². The van der Waals surface area contributed by atoms with Crippen molar-refractivity contribution in [2.45, 2.75) is 13.3 Å². The Balaban J connectivity index is 1.67. The van der Waals surface area contributed by atoms with E-state index in [9.17, 15) is 4.79 Å². The number of furan rings is 1. The number of carbonyl (C=O) groups is 1. The number of thiazole rings is 1. The molecule has 4 nitrogen and oxygen atoms in total. The topological polar surface area (TPSA) is 55.1 Å². The zero-order valence-corrected chi connectivity index (χ0v) is 14.2. The lowest BCUT2D eigenvalue weighted by molar-refractivity contribution is -0.115. The number of halogens is 1. The van der Waals surface area contributed by atoms with Gasteiger partial charge in [-0.25, -0.2) is 4.98 Å². The summed E-state index contributed by atoms with van der Waals surface area (Å²) in [4.78, 5) is 16.5. The number of hydrogen-bond donors (Lipinski definition) is 1. The van der Waals surface area contributed by atoms with Crippen LogP contribution in [0.5, 0.6) is 0 Å². The highest BCUT2D eigenvalue weighted by molar-refractivity contribution is 9.10. The highest BCUT2D eigenvalue weighted by Crippen LogP contribution is 2.25. The van der Waals surface area contributed by atoms with Crippen molar-refractivity contribution in [2.24, 2.45) is 0 Å². The molecule has 0 unspecified atom stereocenters. The van der Waals surface area contributed by atoms with Crippen LogP contribution in [0.4, 0.5) is 5.69 Å². The van der Waals surface area contributed by atoms with E-state index in [-0.39, 0.29) is 12.3 Å². The Morgan fingerprint density at radius 2 is 2.27 bits per heavy atom. The molecule has 2 aromatic heterocycles. The van der Waals surface area contributed by atoms with Crippen molar-refractivity contribution in [1.29, 1.82) is 0 Å². The third kappa shape index (κ3) is 3.45. The molecule has 0 radical (unpaired) electrons. The summed E-state index contributed by atoms with van der Waals surface area (Å²) >= 11 is 4.92. The normalized spacial score (nSPS) is 10.6. The zero-order valence-electron chi connectivity index (χ0n) is 11.8. The first-order valence-corrected chi connectivity index (χ1v) is 8.33. The van der Waals surface area contributed by atoms with Crippen LogP contribution in [0.2, 0.25) is 0 Å². The van der Waals surface area contributed by atoms with Gasteiger partial charge in [-0.05, 0) is 52.7 Å². The van der Waals surface area contributed by atoms with Crippen LogP contribution in [0, 0.1) is 6.92 Å². The van der Waals surface area contributed by atoms with E-state index in [4.69, 9.17) is 4.42 Å². The fraction of sp³-hybridized carbons (Fsp3) is 0.125. The van der Waals surface area contributed by atoms with E-state index in [0.717, 1.165) is 32.2 Å². The van der Waals surface area contributed by atoms with E-state index in [0.29, 0.717) is 0 Å². The second-order valence-corrected chi connectivity index (χ2v) is 6.54. The van der Waals surface area contributed by atoms with Crippen LogP contribution in [-0.4, -0.2) is 10.9 Å². The van der Waals surface area contributed by atoms with Gasteiger partial charge >= 0.3 is 0 Å². The van der Waals surface area contributed by atoms with Gasteiger partial charge < -0.3 is 9.73 Å². The molecule has 3 rings (SSSR count). The van der Waals surface area contributed by atoms with E-state index in [1.165, 1.54) is 11.3 Å². The number of amides is 1. The second-order valence-electron chi connectivity index (χ2n) is 4.83.